The predicted molar refractivity (Wildman–Crippen MR) is 70.4 cm³/mol. The molecule has 0 saturated heterocycles. The van der Waals surface area contributed by atoms with Crippen LogP contribution in [-0.4, -0.2) is 12.1 Å². The minimum absolute atomic E-state index is 0.702. The minimum atomic E-state index is 0.702. The third kappa shape index (κ3) is 1.89. The number of benzene rings is 1. The van der Waals surface area contributed by atoms with Gasteiger partial charge in [0.05, 0.1) is 12.1 Å². The summed E-state index contributed by atoms with van der Waals surface area (Å²) in [5.41, 5.74) is 1.77. The second-order valence-electron chi connectivity index (χ2n) is 3.42. The van der Waals surface area contributed by atoms with E-state index in [4.69, 9.17) is 16.3 Å². The van der Waals surface area contributed by atoms with Gasteiger partial charge in [-0.25, -0.2) is 4.98 Å². The van der Waals surface area contributed by atoms with Crippen LogP contribution in [0.4, 0.5) is 0 Å². The van der Waals surface area contributed by atoms with E-state index in [9.17, 15) is 0 Å². The second kappa shape index (κ2) is 4.60. The normalized spacial score (nSPS) is 10.8. The molecule has 0 aliphatic carbocycles. The summed E-state index contributed by atoms with van der Waals surface area (Å²) in [6, 6.07) is 5.70. The van der Waals surface area contributed by atoms with Crippen LogP contribution >= 0.6 is 27.5 Å². The smallest absolute Gasteiger partial charge is 0.145 e. The summed E-state index contributed by atoms with van der Waals surface area (Å²) in [6.45, 7) is 2.05. The zero-order valence-corrected chi connectivity index (χ0v) is 11.4. The molecule has 0 atom stereocenters. The van der Waals surface area contributed by atoms with Gasteiger partial charge in [0, 0.05) is 15.6 Å². The zero-order valence-electron chi connectivity index (χ0n) is 9.05. The van der Waals surface area contributed by atoms with Crippen molar-refractivity contribution in [2.75, 3.05) is 7.11 Å². The Kier molecular flexibility index (Phi) is 3.36. The van der Waals surface area contributed by atoms with Crippen molar-refractivity contribution < 1.29 is 4.74 Å². The number of rotatable bonds is 2. The Hall–Kier alpha value is -0.800. The number of ether oxygens (including phenoxy) is 1. The number of pyridine rings is 1. The molecular weight excluding hydrogens is 289 g/mol. The molecule has 0 saturated carbocycles. The van der Waals surface area contributed by atoms with E-state index in [1.165, 1.54) is 0 Å². The van der Waals surface area contributed by atoms with Gasteiger partial charge in [0.15, 0.2) is 0 Å². The van der Waals surface area contributed by atoms with Crippen molar-refractivity contribution in [1.29, 1.82) is 0 Å². The van der Waals surface area contributed by atoms with E-state index < -0.39 is 0 Å². The lowest BCUT2D eigenvalue weighted by molar-refractivity contribution is 0.418. The van der Waals surface area contributed by atoms with Crippen LogP contribution in [-0.2, 0) is 6.42 Å². The summed E-state index contributed by atoms with van der Waals surface area (Å²) in [7, 11) is 1.64. The molecule has 2 rings (SSSR count). The molecule has 16 heavy (non-hydrogen) atoms. The van der Waals surface area contributed by atoms with Gasteiger partial charge in [0.1, 0.15) is 11.3 Å². The molecule has 1 aromatic heterocycles. The van der Waals surface area contributed by atoms with Crippen molar-refractivity contribution in [2.24, 2.45) is 0 Å². The fourth-order valence-electron chi connectivity index (χ4n) is 1.63. The molecule has 0 fully saturated rings. The van der Waals surface area contributed by atoms with Crippen molar-refractivity contribution in [3.8, 4) is 5.75 Å². The molecule has 0 radical (unpaired) electrons. The first-order valence-electron chi connectivity index (χ1n) is 4.99. The maximum atomic E-state index is 6.25. The topological polar surface area (TPSA) is 22.1 Å². The summed E-state index contributed by atoms with van der Waals surface area (Å²) >= 11 is 9.73. The van der Waals surface area contributed by atoms with Gasteiger partial charge in [-0.2, -0.15) is 0 Å². The lowest BCUT2D eigenvalue weighted by atomic mass is 10.1. The highest BCUT2D eigenvalue weighted by Gasteiger charge is 2.11. The van der Waals surface area contributed by atoms with Crippen molar-refractivity contribution in [2.45, 2.75) is 13.3 Å². The molecule has 0 unspecified atom stereocenters. The van der Waals surface area contributed by atoms with Crippen molar-refractivity contribution in [3.63, 3.8) is 0 Å². The number of hydrogen-bond donors (Lipinski definition) is 0. The van der Waals surface area contributed by atoms with Crippen molar-refractivity contribution >= 4 is 38.4 Å². The Morgan fingerprint density at radius 3 is 2.81 bits per heavy atom. The molecule has 4 heteroatoms. The number of aromatic nitrogens is 1. The van der Waals surface area contributed by atoms with E-state index >= 15 is 0 Å². The van der Waals surface area contributed by atoms with Crippen LogP contribution in [0.1, 0.15) is 12.6 Å². The molecule has 84 valence electrons. The number of hydrogen-bond acceptors (Lipinski definition) is 2. The van der Waals surface area contributed by atoms with Gasteiger partial charge in [0.2, 0.25) is 0 Å². The third-order valence-electron chi connectivity index (χ3n) is 2.46. The van der Waals surface area contributed by atoms with Gasteiger partial charge < -0.3 is 4.74 Å². The van der Waals surface area contributed by atoms with E-state index in [0.29, 0.717) is 5.02 Å². The average Bonchev–Trinajstić information content (AvgIpc) is 2.28. The summed E-state index contributed by atoms with van der Waals surface area (Å²) in [5, 5.41) is 1.60. The minimum Gasteiger partial charge on any atom is -0.494 e. The van der Waals surface area contributed by atoms with E-state index in [1.54, 1.807) is 7.11 Å². The second-order valence-corrected chi connectivity index (χ2v) is 4.68. The summed E-state index contributed by atoms with van der Waals surface area (Å²) in [6.07, 6.45) is 0.853. The summed E-state index contributed by atoms with van der Waals surface area (Å²) in [4.78, 5) is 4.55. The first-order chi connectivity index (χ1) is 7.67. The van der Waals surface area contributed by atoms with Gasteiger partial charge in [0.25, 0.3) is 0 Å². The lowest BCUT2D eigenvalue weighted by Gasteiger charge is -2.09. The van der Waals surface area contributed by atoms with Crippen LogP contribution in [0.5, 0.6) is 5.75 Å². The molecule has 2 nitrogen and oxygen atoms in total. The highest BCUT2D eigenvalue weighted by molar-refractivity contribution is 9.10. The molecule has 0 bridgehead atoms. The molecule has 0 spiro atoms. The summed E-state index contributed by atoms with van der Waals surface area (Å²) in [5.74, 6) is 0.746. The van der Waals surface area contributed by atoms with Gasteiger partial charge in [-0.1, -0.05) is 34.5 Å². The van der Waals surface area contributed by atoms with Gasteiger partial charge in [-0.3, -0.25) is 0 Å². The van der Waals surface area contributed by atoms with Gasteiger partial charge in [-0.05, 0) is 24.6 Å². The number of halogens is 2. The molecule has 0 aliphatic heterocycles. The Bertz CT molecular complexity index is 542. The fourth-order valence-corrected chi connectivity index (χ4v) is 2.59. The first-order valence-corrected chi connectivity index (χ1v) is 6.16. The van der Waals surface area contributed by atoms with Crippen molar-refractivity contribution in [3.05, 3.63) is 33.4 Å². The standard InChI is InChI=1S/C12H11BrClNO/c1-3-7-6-9(14)11-8(13)4-5-10(16-2)12(11)15-7/h4-6H,3H2,1-2H3. The van der Waals surface area contributed by atoms with Crippen LogP contribution in [0.2, 0.25) is 5.02 Å². The van der Waals surface area contributed by atoms with Gasteiger partial charge >= 0.3 is 0 Å². The fraction of sp³-hybridized carbons (Fsp3) is 0.250. The number of fused-ring (bicyclic) bond motifs is 1. The molecular formula is C12H11BrClNO. The maximum absolute atomic E-state index is 6.25. The molecule has 1 heterocycles. The van der Waals surface area contributed by atoms with Crippen LogP contribution < -0.4 is 4.74 Å². The van der Waals surface area contributed by atoms with Crippen LogP contribution in [0.15, 0.2) is 22.7 Å². The van der Waals surface area contributed by atoms with Crippen LogP contribution in [0.25, 0.3) is 10.9 Å². The molecule has 0 amide bonds. The van der Waals surface area contributed by atoms with E-state index in [0.717, 1.165) is 33.2 Å². The number of aryl methyl sites for hydroxylation is 1. The molecule has 2 aromatic rings. The third-order valence-corrected chi connectivity index (χ3v) is 3.42. The monoisotopic (exact) mass is 299 g/mol. The maximum Gasteiger partial charge on any atom is 0.145 e. The Balaban J connectivity index is 2.87. The largest absolute Gasteiger partial charge is 0.494 e. The zero-order chi connectivity index (χ0) is 11.7. The van der Waals surface area contributed by atoms with E-state index in [1.807, 2.05) is 18.2 Å². The lowest BCUT2D eigenvalue weighted by Crippen LogP contribution is -1.93. The quantitative estimate of drug-likeness (QED) is 0.828. The Morgan fingerprint density at radius 1 is 1.44 bits per heavy atom. The summed E-state index contributed by atoms with van der Waals surface area (Å²) < 4.78 is 6.23. The number of methoxy groups -OCH3 is 1. The first kappa shape index (κ1) is 11.7. The molecule has 1 aromatic carbocycles. The Labute approximate surface area is 108 Å². The highest BCUT2D eigenvalue weighted by atomic mass is 79.9. The van der Waals surface area contributed by atoms with Crippen LogP contribution in [0, 0.1) is 0 Å². The van der Waals surface area contributed by atoms with Crippen LogP contribution in [0.3, 0.4) is 0 Å². The SMILES string of the molecule is CCc1cc(Cl)c2c(Br)ccc(OC)c2n1. The molecule has 0 aliphatic rings. The number of nitrogens with zero attached hydrogens (tertiary/aromatic N) is 1. The van der Waals surface area contributed by atoms with E-state index in [2.05, 4.69) is 27.8 Å². The Morgan fingerprint density at radius 2 is 2.19 bits per heavy atom. The molecule has 0 N–H and O–H groups in total. The highest BCUT2D eigenvalue weighted by Crippen LogP contribution is 2.35. The van der Waals surface area contributed by atoms with E-state index in [-0.39, 0.29) is 0 Å². The van der Waals surface area contributed by atoms with Gasteiger partial charge in [-0.15, -0.1) is 0 Å². The predicted octanol–water partition coefficient (Wildman–Crippen LogP) is 4.22. The average molecular weight is 301 g/mol. The van der Waals surface area contributed by atoms with Crippen molar-refractivity contribution in [1.82, 2.24) is 4.98 Å².